The molecule has 7 heteroatoms. The van der Waals surface area contributed by atoms with Gasteiger partial charge in [0, 0.05) is 36.6 Å². The quantitative estimate of drug-likeness (QED) is 0.615. The molecule has 1 amide bonds. The number of rotatable bonds is 4. The first kappa shape index (κ1) is 15.9. The Morgan fingerprint density at radius 1 is 1.08 bits per heavy atom. The first-order valence-corrected chi connectivity index (χ1v) is 8.13. The fourth-order valence-electron chi connectivity index (χ4n) is 2.73. The lowest BCUT2D eigenvalue weighted by atomic mass is 10.1. The highest BCUT2D eigenvalue weighted by atomic mass is 16.1. The molecular formula is C19H16N6O. The third kappa shape index (κ3) is 3.41. The van der Waals surface area contributed by atoms with E-state index < -0.39 is 0 Å². The standard InChI is InChI=1S/C19H16N6O/c1-25-12-16(11-21-25)14-2-3-17-15(9-14)10-18(24-23-17)22-19(26)8-13-4-6-20-7-5-13/h2-7,9-12H,8H2,1H3,(H,22,24,26). The Labute approximate surface area is 149 Å². The van der Waals surface area contributed by atoms with E-state index in [4.69, 9.17) is 0 Å². The van der Waals surface area contributed by atoms with Crippen LogP contribution in [0.5, 0.6) is 0 Å². The minimum Gasteiger partial charge on any atom is -0.309 e. The Morgan fingerprint density at radius 2 is 1.92 bits per heavy atom. The van der Waals surface area contributed by atoms with Crippen molar-refractivity contribution in [3.8, 4) is 11.1 Å². The van der Waals surface area contributed by atoms with Gasteiger partial charge in [0.1, 0.15) is 0 Å². The molecule has 7 nitrogen and oxygen atoms in total. The summed E-state index contributed by atoms with van der Waals surface area (Å²) in [6.45, 7) is 0. The highest BCUT2D eigenvalue weighted by molar-refractivity contribution is 5.93. The molecule has 0 fully saturated rings. The van der Waals surface area contributed by atoms with Crippen LogP contribution in [-0.4, -0.2) is 30.9 Å². The predicted molar refractivity (Wildman–Crippen MR) is 98.3 cm³/mol. The summed E-state index contributed by atoms with van der Waals surface area (Å²) in [6, 6.07) is 11.4. The SMILES string of the molecule is Cn1cc(-c2ccc3nnc(NC(=O)Cc4ccncc4)cc3c2)cn1. The molecule has 0 unspecified atom stereocenters. The van der Waals surface area contributed by atoms with E-state index in [9.17, 15) is 4.79 Å². The number of aromatic nitrogens is 5. The number of nitrogens with one attached hydrogen (secondary N) is 1. The Bertz CT molecular complexity index is 1070. The molecular weight excluding hydrogens is 328 g/mol. The molecule has 128 valence electrons. The summed E-state index contributed by atoms with van der Waals surface area (Å²) in [7, 11) is 1.88. The summed E-state index contributed by atoms with van der Waals surface area (Å²) >= 11 is 0. The van der Waals surface area contributed by atoms with Crippen LogP contribution in [0.15, 0.2) is 61.2 Å². The van der Waals surface area contributed by atoms with Crippen LogP contribution in [-0.2, 0) is 18.3 Å². The van der Waals surface area contributed by atoms with E-state index in [2.05, 4.69) is 25.6 Å². The fraction of sp³-hybridized carbons (Fsp3) is 0.105. The monoisotopic (exact) mass is 344 g/mol. The number of pyridine rings is 1. The van der Waals surface area contributed by atoms with E-state index in [1.165, 1.54) is 0 Å². The van der Waals surface area contributed by atoms with Gasteiger partial charge in [-0.1, -0.05) is 6.07 Å². The second-order valence-corrected chi connectivity index (χ2v) is 5.99. The number of carbonyl (C=O) groups is 1. The van der Waals surface area contributed by atoms with Crippen molar-refractivity contribution >= 4 is 22.6 Å². The summed E-state index contributed by atoms with van der Waals surface area (Å²) in [6.07, 6.45) is 7.36. The Hall–Kier alpha value is -3.61. The van der Waals surface area contributed by atoms with Crippen LogP contribution in [0.1, 0.15) is 5.56 Å². The maximum Gasteiger partial charge on any atom is 0.229 e. The number of benzene rings is 1. The van der Waals surface area contributed by atoms with Crippen LogP contribution in [0.4, 0.5) is 5.82 Å². The second kappa shape index (κ2) is 6.72. The van der Waals surface area contributed by atoms with Crippen molar-refractivity contribution in [2.24, 2.45) is 7.05 Å². The molecule has 26 heavy (non-hydrogen) atoms. The van der Waals surface area contributed by atoms with E-state index in [-0.39, 0.29) is 12.3 Å². The number of anilines is 1. The molecule has 3 heterocycles. The largest absolute Gasteiger partial charge is 0.309 e. The van der Waals surface area contributed by atoms with Crippen molar-refractivity contribution < 1.29 is 4.79 Å². The number of amides is 1. The number of hydrogen-bond donors (Lipinski definition) is 1. The summed E-state index contributed by atoms with van der Waals surface area (Å²) in [5.41, 5.74) is 3.72. The highest BCUT2D eigenvalue weighted by Crippen LogP contribution is 2.24. The molecule has 0 aliphatic heterocycles. The van der Waals surface area contributed by atoms with Gasteiger partial charge in [0.15, 0.2) is 5.82 Å². The lowest BCUT2D eigenvalue weighted by Gasteiger charge is -2.06. The van der Waals surface area contributed by atoms with Crippen molar-refractivity contribution in [2.75, 3.05) is 5.32 Å². The number of carbonyl (C=O) groups excluding carboxylic acids is 1. The third-order valence-corrected chi connectivity index (χ3v) is 4.00. The van der Waals surface area contributed by atoms with Gasteiger partial charge in [-0.2, -0.15) is 5.10 Å². The van der Waals surface area contributed by atoms with Gasteiger partial charge >= 0.3 is 0 Å². The van der Waals surface area contributed by atoms with Gasteiger partial charge in [-0.25, -0.2) is 0 Å². The lowest BCUT2D eigenvalue weighted by Crippen LogP contribution is -2.15. The van der Waals surface area contributed by atoms with Crippen LogP contribution < -0.4 is 5.32 Å². The average molecular weight is 344 g/mol. The molecule has 1 aromatic carbocycles. The van der Waals surface area contributed by atoms with Crippen molar-refractivity contribution in [1.29, 1.82) is 0 Å². The second-order valence-electron chi connectivity index (χ2n) is 5.99. The Balaban J connectivity index is 1.57. The first-order valence-electron chi connectivity index (χ1n) is 8.13. The zero-order valence-corrected chi connectivity index (χ0v) is 14.1. The summed E-state index contributed by atoms with van der Waals surface area (Å²) < 4.78 is 1.76. The fourth-order valence-corrected chi connectivity index (χ4v) is 2.73. The van der Waals surface area contributed by atoms with Gasteiger partial charge in [0.2, 0.25) is 5.91 Å². The first-order chi connectivity index (χ1) is 12.7. The van der Waals surface area contributed by atoms with Crippen molar-refractivity contribution in [1.82, 2.24) is 25.0 Å². The Kier molecular flexibility index (Phi) is 4.10. The molecule has 0 atom stereocenters. The van der Waals surface area contributed by atoms with E-state index in [0.717, 1.165) is 27.6 Å². The number of fused-ring (bicyclic) bond motifs is 1. The summed E-state index contributed by atoms with van der Waals surface area (Å²) in [5.74, 6) is 0.285. The van der Waals surface area contributed by atoms with Gasteiger partial charge in [0.25, 0.3) is 0 Å². The third-order valence-electron chi connectivity index (χ3n) is 4.00. The molecule has 3 aromatic heterocycles. The van der Waals surface area contributed by atoms with Crippen LogP contribution >= 0.6 is 0 Å². The van der Waals surface area contributed by atoms with Crippen LogP contribution in [0, 0.1) is 0 Å². The molecule has 0 bridgehead atoms. The number of nitrogens with zero attached hydrogens (tertiary/aromatic N) is 5. The van der Waals surface area contributed by atoms with Crippen LogP contribution in [0.25, 0.3) is 22.0 Å². The normalized spacial score (nSPS) is 10.8. The topological polar surface area (TPSA) is 85.6 Å². The molecule has 0 aliphatic carbocycles. The number of hydrogen-bond acceptors (Lipinski definition) is 5. The average Bonchev–Trinajstić information content (AvgIpc) is 3.08. The van der Waals surface area contributed by atoms with Gasteiger partial charge in [-0.05, 0) is 41.5 Å². The minimum absolute atomic E-state index is 0.145. The molecule has 1 N–H and O–H groups in total. The zero-order chi connectivity index (χ0) is 17.9. The molecule has 0 spiro atoms. The zero-order valence-electron chi connectivity index (χ0n) is 14.1. The summed E-state index contributed by atoms with van der Waals surface area (Å²) in [5, 5.41) is 16.2. The maximum atomic E-state index is 12.2. The van der Waals surface area contributed by atoms with Crippen molar-refractivity contribution in [2.45, 2.75) is 6.42 Å². The molecule has 0 aliphatic rings. The highest BCUT2D eigenvalue weighted by Gasteiger charge is 2.08. The van der Waals surface area contributed by atoms with Crippen molar-refractivity contribution in [3.05, 3.63) is 66.7 Å². The smallest absolute Gasteiger partial charge is 0.229 e. The van der Waals surface area contributed by atoms with Gasteiger partial charge in [-0.3, -0.25) is 14.5 Å². The van der Waals surface area contributed by atoms with Crippen LogP contribution in [0.2, 0.25) is 0 Å². The van der Waals surface area contributed by atoms with E-state index in [1.54, 1.807) is 17.1 Å². The molecule has 4 rings (SSSR count). The van der Waals surface area contributed by atoms with Crippen LogP contribution in [0.3, 0.4) is 0 Å². The molecule has 4 aromatic rings. The minimum atomic E-state index is -0.145. The van der Waals surface area contributed by atoms with E-state index in [1.807, 2.05) is 55.8 Å². The maximum absolute atomic E-state index is 12.2. The predicted octanol–water partition coefficient (Wildman–Crippen LogP) is 2.61. The van der Waals surface area contributed by atoms with E-state index >= 15 is 0 Å². The lowest BCUT2D eigenvalue weighted by molar-refractivity contribution is -0.115. The van der Waals surface area contributed by atoms with Crippen molar-refractivity contribution in [3.63, 3.8) is 0 Å². The van der Waals surface area contributed by atoms with Gasteiger partial charge in [0.05, 0.1) is 18.1 Å². The van der Waals surface area contributed by atoms with Gasteiger partial charge < -0.3 is 5.32 Å². The number of aryl methyl sites for hydroxylation is 1. The molecule has 0 radical (unpaired) electrons. The summed E-state index contributed by atoms with van der Waals surface area (Å²) in [4.78, 5) is 16.1. The van der Waals surface area contributed by atoms with Gasteiger partial charge in [-0.15, -0.1) is 10.2 Å². The molecule has 0 saturated heterocycles. The molecule has 0 saturated carbocycles. The van der Waals surface area contributed by atoms with E-state index in [0.29, 0.717) is 5.82 Å². The Morgan fingerprint density at radius 3 is 2.69 bits per heavy atom.